The van der Waals surface area contributed by atoms with E-state index in [0.717, 1.165) is 0 Å². The summed E-state index contributed by atoms with van der Waals surface area (Å²) in [5, 5.41) is 11.2. The molecule has 1 aliphatic heterocycles. The predicted octanol–water partition coefficient (Wildman–Crippen LogP) is -1.95. The van der Waals surface area contributed by atoms with E-state index in [1.807, 2.05) is 0 Å². The van der Waals surface area contributed by atoms with Crippen molar-refractivity contribution in [2.75, 3.05) is 11.4 Å². The minimum atomic E-state index is -0.477. The Hall–Kier alpha value is -1.99. The Kier molecular flexibility index (Phi) is 2.10. The largest absolute Gasteiger partial charge is 0.369 e. The smallest absolute Gasteiger partial charge is 0.272 e. The summed E-state index contributed by atoms with van der Waals surface area (Å²) in [7, 11) is 1.60. The molecule has 0 spiro atoms. The van der Waals surface area contributed by atoms with E-state index < -0.39 is 11.8 Å². The molecule has 0 aliphatic carbocycles. The van der Waals surface area contributed by atoms with Gasteiger partial charge in [-0.05, 0) is 5.21 Å². The number of nitrogens with zero attached hydrogens (tertiary/aromatic N) is 5. The summed E-state index contributed by atoms with van der Waals surface area (Å²) >= 11 is 0. The summed E-state index contributed by atoms with van der Waals surface area (Å²) in [6, 6.07) is 0. The number of nitrogens with two attached hydrogens (primary N) is 1. The van der Waals surface area contributed by atoms with E-state index in [-0.39, 0.29) is 24.8 Å². The second-order valence-corrected chi connectivity index (χ2v) is 3.39. The van der Waals surface area contributed by atoms with Crippen LogP contribution in [-0.2, 0) is 16.6 Å². The molecule has 1 fully saturated rings. The van der Waals surface area contributed by atoms with Crippen molar-refractivity contribution in [3.05, 3.63) is 0 Å². The number of hydrogen-bond acceptors (Lipinski definition) is 5. The number of carbonyl (C=O) groups excluding carboxylic acids is 2. The Balaban J connectivity index is 2.18. The van der Waals surface area contributed by atoms with Crippen LogP contribution in [0, 0.1) is 5.92 Å². The van der Waals surface area contributed by atoms with Gasteiger partial charge >= 0.3 is 0 Å². The second-order valence-electron chi connectivity index (χ2n) is 3.39. The Bertz CT molecular complexity index is 413. The molecule has 1 aromatic rings. The lowest BCUT2D eigenvalue weighted by atomic mass is 10.1. The van der Waals surface area contributed by atoms with Crippen LogP contribution in [0.25, 0.3) is 0 Å². The van der Waals surface area contributed by atoms with Gasteiger partial charge in [0.1, 0.15) is 0 Å². The normalized spacial score (nSPS) is 21.0. The molecule has 8 heteroatoms. The lowest BCUT2D eigenvalue weighted by Crippen LogP contribution is -2.29. The maximum Gasteiger partial charge on any atom is 0.272 e. The third-order valence-electron chi connectivity index (χ3n) is 2.27. The van der Waals surface area contributed by atoms with Crippen LogP contribution in [-0.4, -0.2) is 38.6 Å². The van der Waals surface area contributed by atoms with Crippen molar-refractivity contribution in [2.45, 2.75) is 6.42 Å². The zero-order valence-electron chi connectivity index (χ0n) is 8.12. The molecule has 8 nitrogen and oxygen atoms in total. The molecule has 0 unspecified atom stereocenters. The van der Waals surface area contributed by atoms with Gasteiger partial charge in [-0.2, -0.15) is 4.80 Å². The molecule has 1 aliphatic rings. The Morgan fingerprint density at radius 2 is 2.33 bits per heavy atom. The van der Waals surface area contributed by atoms with Crippen LogP contribution < -0.4 is 10.6 Å². The zero-order valence-corrected chi connectivity index (χ0v) is 8.12. The first kappa shape index (κ1) is 9.56. The molecule has 2 rings (SSSR count). The van der Waals surface area contributed by atoms with Crippen LogP contribution in [0.15, 0.2) is 0 Å². The van der Waals surface area contributed by atoms with E-state index in [0.29, 0.717) is 0 Å². The van der Waals surface area contributed by atoms with E-state index in [9.17, 15) is 9.59 Å². The third kappa shape index (κ3) is 1.65. The van der Waals surface area contributed by atoms with Gasteiger partial charge in [0.2, 0.25) is 11.8 Å². The lowest BCUT2D eigenvalue weighted by molar-refractivity contribution is -0.123. The standard InChI is InChI=1S/C7H10N6O2/c1-12-10-7(9-11-12)13-3-4(6(8)15)2-5(13)14/h4H,2-3H2,1H3,(H2,8,15)/t4-/m0/s1. The van der Waals surface area contributed by atoms with Crippen LogP contribution in [0.2, 0.25) is 0 Å². The first-order valence-electron chi connectivity index (χ1n) is 4.41. The average molecular weight is 210 g/mol. The van der Waals surface area contributed by atoms with Crippen molar-refractivity contribution in [1.82, 2.24) is 20.2 Å². The van der Waals surface area contributed by atoms with E-state index >= 15 is 0 Å². The topological polar surface area (TPSA) is 107 Å². The molecule has 2 amide bonds. The van der Waals surface area contributed by atoms with Gasteiger partial charge in [-0.3, -0.25) is 14.5 Å². The molecule has 15 heavy (non-hydrogen) atoms. The van der Waals surface area contributed by atoms with Crippen molar-refractivity contribution >= 4 is 17.8 Å². The minimum Gasteiger partial charge on any atom is -0.369 e. The summed E-state index contributed by atoms with van der Waals surface area (Å²) in [5.41, 5.74) is 5.13. The summed E-state index contributed by atoms with van der Waals surface area (Å²) in [4.78, 5) is 25.0. The summed E-state index contributed by atoms with van der Waals surface area (Å²) in [6.45, 7) is 0.236. The highest BCUT2D eigenvalue weighted by Crippen LogP contribution is 2.20. The number of primary amides is 1. The van der Waals surface area contributed by atoms with Crippen LogP contribution in [0.5, 0.6) is 0 Å². The maximum atomic E-state index is 11.5. The minimum absolute atomic E-state index is 0.119. The van der Waals surface area contributed by atoms with Crippen LogP contribution in [0.4, 0.5) is 5.95 Å². The van der Waals surface area contributed by atoms with Crippen molar-refractivity contribution in [2.24, 2.45) is 18.7 Å². The Labute approximate surface area is 85.0 Å². The number of aryl methyl sites for hydroxylation is 1. The average Bonchev–Trinajstić information content (AvgIpc) is 2.71. The van der Waals surface area contributed by atoms with Crippen LogP contribution in [0.3, 0.4) is 0 Å². The molecule has 0 bridgehead atoms. The first-order valence-corrected chi connectivity index (χ1v) is 4.41. The number of aromatic nitrogens is 4. The van der Waals surface area contributed by atoms with Crippen molar-refractivity contribution in [3.63, 3.8) is 0 Å². The molecule has 80 valence electrons. The van der Waals surface area contributed by atoms with E-state index in [1.165, 1.54) is 9.70 Å². The number of tetrazole rings is 1. The molecule has 2 heterocycles. The summed E-state index contributed by atoms with van der Waals surface area (Å²) in [6.07, 6.45) is 0.119. The van der Waals surface area contributed by atoms with Crippen LogP contribution >= 0.6 is 0 Å². The van der Waals surface area contributed by atoms with E-state index in [2.05, 4.69) is 15.4 Å². The van der Waals surface area contributed by atoms with Gasteiger partial charge in [-0.15, -0.1) is 5.10 Å². The monoisotopic (exact) mass is 210 g/mol. The summed E-state index contributed by atoms with van der Waals surface area (Å²) in [5.74, 6) is -0.922. The zero-order chi connectivity index (χ0) is 11.0. The lowest BCUT2D eigenvalue weighted by Gasteiger charge is -2.09. The Morgan fingerprint density at radius 1 is 1.60 bits per heavy atom. The molecular weight excluding hydrogens is 200 g/mol. The number of hydrogen-bond donors (Lipinski definition) is 1. The van der Waals surface area contributed by atoms with Crippen molar-refractivity contribution < 1.29 is 9.59 Å². The maximum absolute atomic E-state index is 11.5. The highest BCUT2D eigenvalue weighted by atomic mass is 16.2. The second kappa shape index (κ2) is 3.30. The number of carbonyl (C=O) groups is 2. The SMILES string of the molecule is Cn1nnc(N2C[C@@H](C(N)=O)CC2=O)n1. The van der Waals surface area contributed by atoms with Gasteiger partial charge in [-0.25, -0.2) is 0 Å². The van der Waals surface area contributed by atoms with E-state index in [4.69, 9.17) is 5.73 Å². The number of rotatable bonds is 2. The Morgan fingerprint density at radius 3 is 2.80 bits per heavy atom. The molecular formula is C7H10N6O2. The molecule has 1 saturated heterocycles. The van der Waals surface area contributed by atoms with E-state index in [1.54, 1.807) is 7.05 Å². The third-order valence-corrected chi connectivity index (χ3v) is 2.27. The fourth-order valence-electron chi connectivity index (χ4n) is 1.47. The molecule has 1 atom stereocenters. The van der Waals surface area contributed by atoms with Gasteiger partial charge in [0.25, 0.3) is 5.95 Å². The molecule has 0 aromatic carbocycles. The fourth-order valence-corrected chi connectivity index (χ4v) is 1.47. The van der Waals surface area contributed by atoms with Crippen LogP contribution in [0.1, 0.15) is 6.42 Å². The highest BCUT2D eigenvalue weighted by Gasteiger charge is 2.35. The quantitative estimate of drug-likeness (QED) is 0.610. The number of anilines is 1. The van der Waals surface area contributed by atoms with Crippen molar-refractivity contribution in [3.8, 4) is 0 Å². The van der Waals surface area contributed by atoms with Gasteiger partial charge < -0.3 is 5.73 Å². The predicted molar refractivity (Wildman–Crippen MR) is 48.5 cm³/mol. The fraction of sp³-hybridized carbons (Fsp3) is 0.571. The molecule has 2 N–H and O–H groups in total. The molecule has 0 radical (unpaired) electrons. The summed E-state index contributed by atoms with van der Waals surface area (Å²) < 4.78 is 0. The number of amides is 2. The highest BCUT2D eigenvalue weighted by molar-refractivity contribution is 5.98. The van der Waals surface area contributed by atoms with Gasteiger partial charge in [-0.1, -0.05) is 5.10 Å². The van der Waals surface area contributed by atoms with Gasteiger partial charge in [0.05, 0.1) is 13.0 Å². The van der Waals surface area contributed by atoms with Gasteiger partial charge in [0.15, 0.2) is 0 Å². The first-order chi connectivity index (χ1) is 7.08. The van der Waals surface area contributed by atoms with Crippen molar-refractivity contribution in [1.29, 1.82) is 0 Å². The van der Waals surface area contributed by atoms with Gasteiger partial charge in [0, 0.05) is 13.0 Å². The molecule has 1 aromatic heterocycles. The molecule has 0 saturated carbocycles.